The van der Waals surface area contributed by atoms with E-state index in [-0.39, 0.29) is 5.84 Å². The molecule has 0 atom stereocenters. The van der Waals surface area contributed by atoms with E-state index in [1.165, 1.54) is 0 Å². The van der Waals surface area contributed by atoms with E-state index in [0.29, 0.717) is 17.1 Å². The number of rotatable bonds is 3. The van der Waals surface area contributed by atoms with Crippen LogP contribution in [0.1, 0.15) is 11.1 Å². The average Bonchev–Trinajstić information content (AvgIpc) is 2.33. The van der Waals surface area contributed by atoms with Gasteiger partial charge in [-0.2, -0.15) is 0 Å². The van der Waals surface area contributed by atoms with Crippen LogP contribution in [0.5, 0.6) is 11.5 Å². The molecule has 5 heteroatoms. The first-order valence-electron chi connectivity index (χ1n) is 5.55. The lowest BCUT2D eigenvalue weighted by molar-refractivity contribution is 0.480. The summed E-state index contributed by atoms with van der Waals surface area (Å²) in [5.41, 5.74) is 7.21. The molecule has 0 heterocycles. The molecule has 0 unspecified atom stereocenters. The van der Waals surface area contributed by atoms with Crippen LogP contribution in [-0.2, 0) is 0 Å². The number of benzene rings is 2. The number of hydrogen-bond donors (Lipinski definition) is 2. The molecule has 3 nitrogen and oxygen atoms in total. The highest BCUT2D eigenvalue weighted by atomic mass is 79.9. The molecule has 0 aliphatic heterocycles. The smallest absolute Gasteiger partial charge is 0.139 e. The minimum absolute atomic E-state index is 0.0173. The molecule has 0 aromatic heterocycles. The lowest BCUT2D eigenvalue weighted by Gasteiger charge is -2.11. The molecule has 0 aliphatic rings. The summed E-state index contributed by atoms with van der Waals surface area (Å²) in [6.45, 7) is 1.99. The van der Waals surface area contributed by atoms with Gasteiger partial charge in [0, 0.05) is 8.95 Å². The predicted octanol–water partition coefficient (Wildman–Crippen LogP) is 4.60. The number of hydrogen-bond acceptors (Lipinski definition) is 2. The third-order valence-corrected chi connectivity index (χ3v) is 3.97. The average molecular weight is 384 g/mol. The summed E-state index contributed by atoms with van der Waals surface area (Å²) in [5.74, 6) is 1.25. The second kappa shape index (κ2) is 5.75. The van der Waals surface area contributed by atoms with Crippen molar-refractivity contribution < 1.29 is 4.74 Å². The molecule has 0 radical (unpaired) electrons. The van der Waals surface area contributed by atoms with Gasteiger partial charge in [-0.3, -0.25) is 5.41 Å². The number of halogens is 2. The van der Waals surface area contributed by atoms with Crippen LogP contribution in [0.3, 0.4) is 0 Å². The van der Waals surface area contributed by atoms with Crippen molar-refractivity contribution in [2.45, 2.75) is 6.92 Å². The van der Waals surface area contributed by atoms with E-state index in [1.54, 1.807) is 12.1 Å². The lowest BCUT2D eigenvalue weighted by atomic mass is 10.2. The molecule has 2 aromatic rings. The number of nitrogens with one attached hydrogen (secondary N) is 1. The first-order valence-corrected chi connectivity index (χ1v) is 7.14. The highest BCUT2D eigenvalue weighted by Gasteiger charge is 2.09. The van der Waals surface area contributed by atoms with Gasteiger partial charge in [-0.05, 0) is 48.9 Å². The Kier molecular flexibility index (Phi) is 4.27. The Hall–Kier alpha value is -1.33. The summed E-state index contributed by atoms with van der Waals surface area (Å²) in [7, 11) is 0. The molecule has 98 valence electrons. The first kappa shape index (κ1) is 14.1. The molecule has 0 amide bonds. The van der Waals surface area contributed by atoms with Gasteiger partial charge in [-0.15, -0.1) is 0 Å². The number of nitrogen functional groups attached to an aromatic ring is 1. The van der Waals surface area contributed by atoms with Gasteiger partial charge in [0.15, 0.2) is 0 Å². The molecule has 0 saturated heterocycles. The van der Waals surface area contributed by atoms with Gasteiger partial charge in [-0.1, -0.05) is 31.9 Å². The molecule has 0 fully saturated rings. The molecular formula is C14H12Br2N2O. The second-order valence-corrected chi connectivity index (χ2v) is 5.84. The van der Waals surface area contributed by atoms with Crippen molar-refractivity contribution in [3.8, 4) is 11.5 Å². The van der Waals surface area contributed by atoms with Crippen LogP contribution in [-0.4, -0.2) is 5.84 Å². The van der Waals surface area contributed by atoms with Crippen molar-refractivity contribution in [2.24, 2.45) is 5.73 Å². The molecule has 2 rings (SSSR count). The van der Waals surface area contributed by atoms with Crippen LogP contribution >= 0.6 is 31.9 Å². The van der Waals surface area contributed by atoms with Crippen molar-refractivity contribution >= 4 is 37.7 Å². The topological polar surface area (TPSA) is 59.1 Å². The standard InChI is InChI=1S/C14H12Br2N2O/c1-8-6-10(3-5-12(8)16)19-13-7-9(15)2-4-11(13)14(17)18/h2-7H,1H3,(H3,17,18). The maximum absolute atomic E-state index is 7.56. The van der Waals surface area contributed by atoms with E-state index in [4.69, 9.17) is 15.9 Å². The van der Waals surface area contributed by atoms with Crippen molar-refractivity contribution in [2.75, 3.05) is 0 Å². The molecule has 3 N–H and O–H groups in total. The minimum Gasteiger partial charge on any atom is -0.457 e. The third kappa shape index (κ3) is 3.36. The van der Waals surface area contributed by atoms with Gasteiger partial charge in [0.25, 0.3) is 0 Å². The highest BCUT2D eigenvalue weighted by molar-refractivity contribution is 9.10. The Bertz CT molecular complexity index is 641. The molecule has 0 saturated carbocycles. The van der Waals surface area contributed by atoms with E-state index >= 15 is 0 Å². The molecule has 19 heavy (non-hydrogen) atoms. The van der Waals surface area contributed by atoms with Crippen molar-refractivity contribution in [1.29, 1.82) is 5.41 Å². The fourth-order valence-corrected chi connectivity index (χ4v) is 2.20. The van der Waals surface area contributed by atoms with Crippen LogP contribution in [0, 0.1) is 12.3 Å². The fraction of sp³-hybridized carbons (Fsp3) is 0.0714. The SMILES string of the molecule is Cc1cc(Oc2cc(Br)ccc2C(=N)N)ccc1Br. The minimum atomic E-state index is -0.0173. The van der Waals surface area contributed by atoms with Gasteiger partial charge in [0.2, 0.25) is 0 Å². The van der Waals surface area contributed by atoms with Crippen molar-refractivity contribution in [3.05, 3.63) is 56.5 Å². The van der Waals surface area contributed by atoms with E-state index in [2.05, 4.69) is 31.9 Å². The summed E-state index contributed by atoms with van der Waals surface area (Å²) < 4.78 is 7.72. The largest absolute Gasteiger partial charge is 0.457 e. The van der Waals surface area contributed by atoms with Crippen LogP contribution in [0.2, 0.25) is 0 Å². The number of nitrogens with two attached hydrogens (primary N) is 1. The third-order valence-electron chi connectivity index (χ3n) is 2.59. The first-order chi connectivity index (χ1) is 8.97. The van der Waals surface area contributed by atoms with Gasteiger partial charge >= 0.3 is 0 Å². The van der Waals surface area contributed by atoms with Gasteiger partial charge in [0.05, 0.1) is 5.56 Å². The maximum atomic E-state index is 7.56. The van der Waals surface area contributed by atoms with E-state index in [1.807, 2.05) is 31.2 Å². The summed E-state index contributed by atoms with van der Waals surface area (Å²) in [5, 5.41) is 7.56. The van der Waals surface area contributed by atoms with Crippen LogP contribution in [0.25, 0.3) is 0 Å². The Labute approximate surface area is 128 Å². The molecular weight excluding hydrogens is 372 g/mol. The normalized spacial score (nSPS) is 10.3. The van der Waals surface area contributed by atoms with Gasteiger partial charge < -0.3 is 10.5 Å². The van der Waals surface area contributed by atoms with Crippen molar-refractivity contribution in [1.82, 2.24) is 0 Å². The predicted molar refractivity (Wildman–Crippen MR) is 84.1 cm³/mol. The monoisotopic (exact) mass is 382 g/mol. The summed E-state index contributed by atoms with van der Waals surface area (Å²) in [4.78, 5) is 0. The number of ether oxygens (including phenoxy) is 1. The Balaban J connectivity index is 2.39. The number of amidine groups is 1. The lowest BCUT2D eigenvalue weighted by Crippen LogP contribution is -2.12. The van der Waals surface area contributed by atoms with E-state index < -0.39 is 0 Å². The Morgan fingerprint density at radius 3 is 2.53 bits per heavy atom. The van der Waals surface area contributed by atoms with Gasteiger partial charge in [0.1, 0.15) is 17.3 Å². The van der Waals surface area contributed by atoms with Crippen LogP contribution < -0.4 is 10.5 Å². The second-order valence-electron chi connectivity index (χ2n) is 4.07. The summed E-state index contributed by atoms with van der Waals surface area (Å²) in [6, 6.07) is 11.1. The van der Waals surface area contributed by atoms with Gasteiger partial charge in [-0.25, -0.2) is 0 Å². The van der Waals surface area contributed by atoms with Crippen LogP contribution in [0.4, 0.5) is 0 Å². The fourth-order valence-electron chi connectivity index (χ4n) is 1.61. The van der Waals surface area contributed by atoms with Crippen LogP contribution in [0.15, 0.2) is 45.3 Å². The van der Waals surface area contributed by atoms with E-state index in [9.17, 15) is 0 Å². The van der Waals surface area contributed by atoms with Crippen molar-refractivity contribution in [3.63, 3.8) is 0 Å². The molecule has 0 spiro atoms. The number of aryl methyl sites for hydroxylation is 1. The molecule has 2 aromatic carbocycles. The Morgan fingerprint density at radius 1 is 1.16 bits per heavy atom. The quantitative estimate of drug-likeness (QED) is 0.601. The summed E-state index contributed by atoms with van der Waals surface area (Å²) in [6.07, 6.45) is 0. The van der Waals surface area contributed by atoms with E-state index in [0.717, 1.165) is 14.5 Å². The summed E-state index contributed by atoms with van der Waals surface area (Å²) >= 11 is 6.83. The zero-order valence-corrected chi connectivity index (χ0v) is 13.4. The highest BCUT2D eigenvalue weighted by Crippen LogP contribution is 2.30. The maximum Gasteiger partial charge on any atom is 0.139 e. The molecule has 0 bridgehead atoms. The molecule has 0 aliphatic carbocycles. The zero-order chi connectivity index (χ0) is 14.0. The zero-order valence-electron chi connectivity index (χ0n) is 10.2. The Morgan fingerprint density at radius 2 is 1.89 bits per heavy atom.